The van der Waals surface area contributed by atoms with E-state index in [1.165, 1.54) is 12.1 Å². The number of carbonyl (C=O) groups excluding carboxylic acids is 1. The van der Waals surface area contributed by atoms with Gasteiger partial charge in [0.1, 0.15) is 11.6 Å². The van der Waals surface area contributed by atoms with E-state index in [0.29, 0.717) is 18.0 Å². The summed E-state index contributed by atoms with van der Waals surface area (Å²) in [5, 5.41) is 7.72. The molecule has 8 heteroatoms. The maximum atomic E-state index is 13.7. The Morgan fingerprint density at radius 2 is 1.81 bits per heavy atom. The second kappa shape index (κ2) is 8.72. The number of morpholine rings is 1. The van der Waals surface area contributed by atoms with Crippen molar-refractivity contribution in [2.75, 3.05) is 44.8 Å². The molecule has 0 spiro atoms. The zero-order valence-electron chi connectivity index (χ0n) is 17.9. The number of anilines is 1. The topological polar surface area (TPSA) is 68.6 Å². The fourth-order valence-electron chi connectivity index (χ4n) is 4.29. The van der Waals surface area contributed by atoms with Crippen LogP contribution < -0.4 is 10.1 Å². The molecule has 2 aliphatic rings. The van der Waals surface area contributed by atoms with Gasteiger partial charge in [0.25, 0.3) is 5.91 Å². The molecule has 0 atom stereocenters. The summed E-state index contributed by atoms with van der Waals surface area (Å²) < 4.78 is 26.6. The van der Waals surface area contributed by atoms with Crippen molar-refractivity contribution in [2.45, 2.75) is 13.5 Å². The molecule has 0 saturated carbocycles. The van der Waals surface area contributed by atoms with Gasteiger partial charge in [-0.05, 0) is 48.9 Å². The molecule has 7 nitrogen and oxygen atoms in total. The van der Waals surface area contributed by atoms with Crippen molar-refractivity contribution in [1.29, 1.82) is 0 Å². The zero-order valence-corrected chi connectivity index (χ0v) is 17.9. The van der Waals surface area contributed by atoms with Gasteiger partial charge in [0.15, 0.2) is 6.61 Å². The molecule has 1 fully saturated rings. The molecule has 166 valence electrons. The Hall–Kier alpha value is -3.23. The minimum Gasteiger partial charge on any atom is -0.482 e. The summed E-state index contributed by atoms with van der Waals surface area (Å²) in [7, 11) is 0. The average Bonchev–Trinajstić information content (AvgIpc) is 3.14. The van der Waals surface area contributed by atoms with Gasteiger partial charge in [-0.2, -0.15) is 5.10 Å². The molecule has 2 aromatic carbocycles. The van der Waals surface area contributed by atoms with Crippen LogP contribution in [0, 0.1) is 12.7 Å². The Morgan fingerprint density at radius 1 is 1.06 bits per heavy atom. The van der Waals surface area contributed by atoms with Crippen molar-refractivity contribution in [2.24, 2.45) is 0 Å². The number of rotatable bonds is 5. The summed E-state index contributed by atoms with van der Waals surface area (Å²) in [6.07, 6.45) is 0. The predicted octanol–water partition coefficient (Wildman–Crippen LogP) is 3.33. The predicted molar refractivity (Wildman–Crippen MR) is 119 cm³/mol. The fraction of sp³-hybridized carbons (Fsp3) is 0.333. The smallest absolute Gasteiger partial charge is 0.262 e. The first-order valence-electron chi connectivity index (χ1n) is 10.8. The van der Waals surface area contributed by atoms with Crippen LogP contribution in [0.25, 0.3) is 22.4 Å². The minimum atomic E-state index is -0.278. The molecule has 0 aliphatic carbocycles. The van der Waals surface area contributed by atoms with Crippen LogP contribution >= 0.6 is 0 Å². The number of halogens is 1. The largest absolute Gasteiger partial charge is 0.482 e. The highest BCUT2D eigenvalue weighted by Crippen LogP contribution is 2.39. The zero-order chi connectivity index (χ0) is 22.1. The third kappa shape index (κ3) is 4.11. The van der Waals surface area contributed by atoms with Crippen LogP contribution in [0.3, 0.4) is 0 Å². The fourth-order valence-corrected chi connectivity index (χ4v) is 4.29. The summed E-state index contributed by atoms with van der Waals surface area (Å²) in [5.74, 6) is 0.195. The molecular weight excluding hydrogens is 411 g/mol. The quantitative estimate of drug-likeness (QED) is 0.665. The van der Waals surface area contributed by atoms with Crippen molar-refractivity contribution in [3.8, 4) is 28.1 Å². The lowest BCUT2D eigenvalue weighted by atomic mass is 9.98. The number of hydrogen-bond acceptors (Lipinski definition) is 5. The SMILES string of the molecule is Cc1nn(CCN2CCOCC2)c(-c2ccc(F)cc2)c1-c1ccc2c(c1)NC(=O)CO2. The lowest BCUT2D eigenvalue weighted by Gasteiger charge is -2.26. The van der Waals surface area contributed by atoms with Gasteiger partial charge < -0.3 is 14.8 Å². The number of amides is 1. The normalized spacial score (nSPS) is 16.4. The van der Waals surface area contributed by atoms with E-state index in [0.717, 1.165) is 60.9 Å². The van der Waals surface area contributed by atoms with Gasteiger partial charge >= 0.3 is 0 Å². The van der Waals surface area contributed by atoms with Gasteiger partial charge in [0.2, 0.25) is 0 Å². The van der Waals surface area contributed by atoms with E-state index in [9.17, 15) is 9.18 Å². The number of benzene rings is 2. The highest BCUT2D eigenvalue weighted by molar-refractivity contribution is 5.97. The first kappa shape index (κ1) is 20.7. The standard InChI is InChI=1S/C24H25FN4O3/c1-16-23(18-4-7-21-20(14-18)26-22(30)15-32-21)24(17-2-5-19(25)6-3-17)29(27-16)9-8-28-10-12-31-13-11-28/h2-7,14H,8-13,15H2,1H3,(H,26,30). The number of ether oxygens (including phenoxy) is 2. The molecule has 5 rings (SSSR count). The second-order valence-electron chi connectivity index (χ2n) is 8.04. The van der Waals surface area contributed by atoms with Crippen molar-refractivity contribution in [3.63, 3.8) is 0 Å². The van der Waals surface area contributed by atoms with Crippen LogP contribution in [0.4, 0.5) is 10.1 Å². The van der Waals surface area contributed by atoms with Crippen molar-refractivity contribution in [1.82, 2.24) is 14.7 Å². The molecule has 1 saturated heterocycles. The van der Waals surface area contributed by atoms with Crippen molar-refractivity contribution < 1.29 is 18.7 Å². The van der Waals surface area contributed by atoms with Crippen LogP contribution in [0.2, 0.25) is 0 Å². The maximum Gasteiger partial charge on any atom is 0.262 e. The number of hydrogen-bond donors (Lipinski definition) is 1. The molecule has 3 heterocycles. The Morgan fingerprint density at radius 3 is 2.59 bits per heavy atom. The maximum absolute atomic E-state index is 13.7. The average molecular weight is 436 g/mol. The third-order valence-electron chi connectivity index (χ3n) is 5.88. The summed E-state index contributed by atoms with van der Waals surface area (Å²) >= 11 is 0. The van der Waals surface area contributed by atoms with Gasteiger partial charge in [-0.25, -0.2) is 4.39 Å². The van der Waals surface area contributed by atoms with E-state index in [-0.39, 0.29) is 18.3 Å². The van der Waals surface area contributed by atoms with E-state index >= 15 is 0 Å². The van der Waals surface area contributed by atoms with E-state index in [1.54, 1.807) is 12.1 Å². The molecule has 1 aromatic heterocycles. The number of fused-ring (bicyclic) bond motifs is 1. The highest BCUT2D eigenvalue weighted by atomic mass is 19.1. The number of aromatic nitrogens is 2. The highest BCUT2D eigenvalue weighted by Gasteiger charge is 2.22. The lowest BCUT2D eigenvalue weighted by molar-refractivity contribution is -0.118. The summed E-state index contributed by atoms with van der Waals surface area (Å²) in [4.78, 5) is 14.2. The van der Waals surface area contributed by atoms with Crippen LogP contribution in [0.1, 0.15) is 5.69 Å². The molecule has 0 unspecified atom stereocenters. The Kier molecular flexibility index (Phi) is 5.63. The molecule has 1 amide bonds. The molecule has 2 aliphatic heterocycles. The summed E-state index contributed by atoms with van der Waals surface area (Å²) in [6, 6.07) is 12.2. The summed E-state index contributed by atoms with van der Waals surface area (Å²) in [6.45, 7) is 6.86. The van der Waals surface area contributed by atoms with Crippen LogP contribution in [-0.4, -0.2) is 60.0 Å². The molecule has 32 heavy (non-hydrogen) atoms. The summed E-state index contributed by atoms with van der Waals surface area (Å²) in [5.41, 5.74) is 5.21. The van der Waals surface area contributed by atoms with Gasteiger partial charge in [0, 0.05) is 30.8 Å². The van der Waals surface area contributed by atoms with Gasteiger partial charge in [-0.3, -0.25) is 14.4 Å². The number of aryl methyl sites for hydroxylation is 1. The van der Waals surface area contributed by atoms with Gasteiger partial charge in [-0.1, -0.05) is 6.07 Å². The van der Waals surface area contributed by atoms with Crippen LogP contribution in [0.15, 0.2) is 42.5 Å². The Balaban J connectivity index is 1.55. The van der Waals surface area contributed by atoms with Crippen LogP contribution in [0.5, 0.6) is 5.75 Å². The Bertz CT molecular complexity index is 1140. The van der Waals surface area contributed by atoms with Gasteiger partial charge in [0.05, 0.1) is 36.8 Å². The molecule has 1 N–H and O–H groups in total. The third-order valence-corrected chi connectivity index (χ3v) is 5.88. The lowest BCUT2D eigenvalue weighted by Crippen LogP contribution is -2.38. The monoisotopic (exact) mass is 436 g/mol. The molecular formula is C24H25FN4O3. The van der Waals surface area contributed by atoms with Crippen LogP contribution in [-0.2, 0) is 16.1 Å². The van der Waals surface area contributed by atoms with E-state index < -0.39 is 0 Å². The molecule has 3 aromatic rings. The van der Waals surface area contributed by atoms with E-state index in [2.05, 4.69) is 10.2 Å². The van der Waals surface area contributed by atoms with Crippen molar-refractivity contribution in [3.05, 3.63) is 54.0 Å². The number of nitrogens with one attached hydrogen (secondary N) is 1. The van der Waals surface area contributed by atoms with Crippen molar-refractivity contribution >= 4 is 11.6 Å². The second-order valence-corrected chi connectivity index (χ2v) is 8.04. The van der Waals surface area contributed by atoms with E-state index in [1.807, 2.05) is 29.8 Å². The molecule has 0 radical (unpaired) electrons. The first-order valence-corrected chi connectivity index (χ1v) is 10.8. The number of nitrogens with zero attached hydrogens (tertiary/aromatic N) is 3. The number of carbonyl (C=O) groups is 1. The van der Waals surface area contributed by atoms with Gasteiger partial charge in [-0.15, -0.1) is 0 Å². The minimum absolute atomic E-state index is 0.0195. The Labute approximate surface area is 185 Å². The van der Waals surface area contributed by atoms with E-state index in [4.69, 9.17) is 14.6 Å². The molecule has 0 bridgehead atoms. The first-order chi connectivity index (χ1) is 15.6.